The second-order valence-corrected chi connectivity index (χ2v) is 4.96. The second-order valence-electron chi connectivity index (χ2n) is 4.96. The minimum absolute atomic E-state index is 0.177. The highest BCUT2D eigenvalue weighted by atomic mass is 16.5. The van der Waals surface area contributed by atoms with Gasteiger partial charge in [0.05, 0.1) is 12.0 Å². The van der Waals surface area contributed by atoms with Gasteiger partial charge in [0.2, 0.25) is 5.91 Å². The van der Waals surface area contributed by atoms with Crippen LogP contribution in [0.4, 0.5) is 0 Å². The fourth-order valence-electron chi connectivity index (χ4n) is 1.98. The van der Waals surface area contributed by atoms with Gasteiger partial charge in [-0.2, -0.15) is 0 Å². The van der Waals surface area contributed by atoms with Gasteiger partial charge in [0.15, 0.2) is 0 Å². The number of carbonyl (C=O) groups is 1. The van der Waals surface area contributed by atoms with E-state index in [9.17, 15) is 4.79 Å². The second kappa shape index (κ2) is 8.48. The van der Waals surface area contributed by atoms with E-state index in [1.165, 1.54) is 0 Å². The fraction of sp³-hybridized carbons (Fsp3) is 0.923. The van der Waals surface area contributed by atoms with Gasteiger partial charge in [-0.3, -0.25) is 4.79 Å². The Morgan fingerprint density at radius 1 is 1.47 bits per heavy atom. The van der Waals surface area contributed by atoms with Crippen LogP contribution in [0.5, 0.6) is 0 Å². The first-order chi connectivity index (χ1) is 8.20. The SMILES string of the molecule is CC(C)OCCCCNC(=O)[C@@H]1CCCNC1. The number of amides is 1. The van der Waals surface area contributed by atoms with Crippen LogP contribution in [0.1, 0.15) is 39.5 Å². The lowest BCUT2D eigenvalue weighted by Gasteiger charge is -2.21. The molecule has 1 aliphatic heterocycles. The van der Waals surface area contributed by atoms with E-state index in [1.54, 1.807) is 0 Å². The molecule has 0 unspecified atom stereocenters. The summed E-state index contributed by atoms with van der Waals surface area (Å²) in [4.78, 5) is 11.8. The van der Waals surface area contributed by atoms with Crippen LogP contribution in [0.2, 0.25) is 0 Å². The van der Waals surface area contributed by atoms with Gasteiger partial charge in [0.1, 0.15) is 0 Å². The lowest BCUT2D eigenvalue weighted by Crippen LogP contribution is -2.40. The molecule has 0 radical (unpaired) electrons. The van der Waals surface area contributed by atoms with Crippen molar-refractivity contribution in [3.63, 3.8) is 0 Å². The Morgan fingerprint density at radius 2 is 2.29 bits per heavy atom. The van der Waals surface area contributed by atoms with Gasteiger partial charge in [-0.25, -0.2) is 0 Å². The van der Waals surface area contributed by atoms with Crippen molar-refractivity contribution in [3.05, 3.63) is 0 Å². The van der Waals surface area contributed by atoms with E-state index in [2.05, 4.69) is 10.6 Å². The molecule has 1 rings (SSSR count). The topological polar surface area (TPSA) is 50.4 Å². The molecule has 2 N–H and O–H groups in total. The first-order valence-electron chi connectivity index (χ1n) is 6.80. The van der Waals surface area contributed by atoms with Crippen LogP contribution >= 0.6 is 0 Å². The van der Waals surface area contributed by atoms with E-state index in [1.807, 2.05) is 13.8 Å². The monoisotopic (exact) mass is 242 g/mol. The molecule has 0 spiro atoms. The molecule has 1 fully saturated rings. The highest BCUT2D eigenvalue weighted by Crippen LogP contribution is 2.09. The number of unbranched alkanes of at least 4 members (excludes halogenated alkanes) is 1. The maximum absolute atomic E-state index is 11.8. The average Bonchev–Trinajstić information content (AvgIpc) is 2.34. The number of ether oxygens (including phenoxy) is 1. The lowest BCUT2D eigenvalue weighted by molar-refractivity contribution is -0.125. The van der Waals surface area contributed by atoms with E-state index in [-0.39, 0.29) is 11.8 Å². The Hall–Kier alpha value is -0.610. The molecule has 1 amide bonds. The predicted molar refractivity (Wildman–Crippen MR) is 68.9 cm³/mol. The van der Waals surface area contributed by atoms with E-state index in [4.69, 9.17) is 4.74 Å². The van der Waals surface area contributed by atoms with Gasteiger partial charge in [0, 0.05) is 19.7 Å². The number of rotatable bonds is 7. The van der Waals surface area contributed by atoms with Crippen molar-refractivity contribution in [1.82, 2.24) is 10.6 Å². The molecule has 1 atom stereocenters. The van der Waals surface area contributed by atoms with Crippen molar-refractivity contribution in [1.29, 1.82) is 0 Å². The Kier molecular flexibility index (Phi) is 7.21. The molecule has 0 aromatic carbocycles. The van der Waals surface area contributed by atoms with E-state index in [0.717, 1.165) is 51.9 Å². The molecule has 0 aliphatic carbocycles. The predicted octanol–water partition coefficient (Wildman–Crippen LogP) is 1.31. The molecule has 0 aromatic heterocycles. The number of piperidine rings is 1. The molecule has 4 nitrogen and oxygen atoms in total. The third-order valence-electron chi connectivity index (χ3n) is 2.99. The summed E-state index contributed by atoms with van der Waals surface area (Å²) < 4.78 is 5.44. The normalized spacial score (nSPS) is 20.5. The maximum atomic E-state index is 11.8. The summed E-state index contributed by atoms with van der Waals surface area (Å²) in [7, 11) is 0. The van der Waals surface area contributed by atoms with Crippen molar-refractivity contribution in [2.75, 3.05) is 26.2 Å². The molecule has 4 heteroatoms. The Bertz CT molecular complexity index is 213. The lowest BCUT2D eigenvalue weighted by atomic mass is 9.99. The Balaban J connectivity index is 1.96. The quantitative estimate of drug-likeness (QED) is 0.662. The highest BCUT2D eigenvalue weighted by Gasteiger charge is 2.19. The third-order valence-corrected chi connectivity index (χ3v) is 2.99. The van der Waals surface area contributed by atoms with E-state index in [0.29, 0.717) is 6.10 Å². The Labute approximate surface area is 104 Å². The van der Waals surface area contributed by atoms with Gasteiger partial charge in [-0.15, -0.1) is 0 Å². The van der Waals surface area contributed by atoms with Crippen molar-refractivity contribution in [2.45, 2.75) is 45.6 Å². The van der Waals surface area contributed by atoms with Crippen LogP contribution in [-0.2, 0) is 9.53 Å². The van der Waals surface area contributed by atoms with Crippen LogP contribution < -0.4 is 10.6 Å². The van der Waals surface area contributed by atoms with Crippen molar-refractivity contribution in [3.8, 4) is 0 Å². The molecule has 1 heterocycles. The van der Waals surface area contributed by atoms with E-state index >= 15 is 0 Å². The molecular formula is C13H26N2O2. The van der Waals surface area contributed by atoms with Crippen LogP contribution in [-0.4, -0.2) is 38.3 Å². The highest BCUT2D eigenvalue weighted by molar-refractivity contribution is 5.78. The molecule has 0 aromatic rings. The minimum atomic E-state index is 0.177. The smallest absolute Gasteiger partial charge is 0.224 e. The molecule has 0 saturated carbocycles. The number of hydrogen-bond acceptors (Lipinski definition) is 3. The first-order valence-corrected chi connectivity index (χ1v) is 6.80. The molecule has 1 saturated heterocycles. The van der Waals surface area contributed by atoms with Crippen LogP contribution in [0.15, 0.2) is 0 Å². The largest absolute Gasteiger partial charge is 0.379 e. The average molecular weight is 242 g/mol. The van der Waals surface area contributed by atoms with Crippen LogP contribution in [0.25, 0.3) is 0 Å². The summed E-state index contributed by atoms with van der Waals surface area (Å²) in [5, 5.41) is 6.26. The summed E-state index contributed by atoms with van der Waals surface area (Å²) in [5.41, 5.74) is 0. The number of hydrogen-bond donors (Lipinski definition) is 2. The molecular weight excluding hydrogens is 216 g/mol. The standard InChI is InChI=1S/C13H26N2O2/c1-11(2)17-9-4-3-8-15-13(16)12-6-5-7-14-10-12/h11-12,14H,3-10H2,1-2H3,(H,15,16)/t12-/m1/s1. The maximum Gasteiger partial charge on any atom is 0.224 e. The first kappa shape index (κ1) is 14.5. The summed E-state index contributed by atoms with van der Waals surface area (Å²) in [6.45, 7) is 7.53. The summed E-state index contributed by atoms with van der Waals surface area (Å²) >= 11 is 0. The Morgan fingerprint density at radius 3 is 2.94 bits per heavy atom. The summed E-state index contributed by atoms with van der Waals surface area (Å²) in [5.74, 6) is 0.387. The van der Waals surface area contributed by atoms with Gasteiger partial charge >= 0.3 is 0 Å². The third kappa shape index (κ3) is 6.64. The number of carbonyl (C=O) groups excluding carboxylic acids is 1. The van der Waals surface area contributed by atoms with Crippen molar-refractivity contribution >= 4 is 5.91 Å². The van der Waals surface area contributed by atoms with Crippen LogP contribution in [0, 0.1) is 5.92 Å². The van der Waals surface area contributed by atoms with Gasteiger partial charge in [0.25, 0.3) is 0 Å². The van der Waals surface area contributed by atoms with Crippen LogP contribution in [0.3, 0.4) is 0 Å². The van der Waals surface area contributed by atoms with E-state index < -0.39 is 0 Å². The van der Waals surface area contributed by atoms with Crippen molar-refractivity contribution in [2.24, 2.45) is 5.92 Å². The van der Waals surface area contributed by atoms with Gasteiger partial charge < -0.3 is 15.4 Å². The molecule has 17 heavy (non-hydrogen) atoms. The minimum Gasteiger partial charge on any atom is -0.379 e. The zero-order valence-electron chi connectivity index (χ0n) is 11.1. The molecule has 1 aliphatic rings. The zero-order valence-corrected chi connectivity index (χ0v) is 11.1. The van der Waals surface area contributed by atoms with Gasteiger partial charge in [-0.1, -0.05) is 0 Å². The summed E-state index contributed by atoms with van der Waals surface area (Å²) in [6.07, 6.45) is 4.45. The number of nitrogens with one attached hydrogen (secondary N) is 2. The zero-order chi connectivity index (χ0) is 12.5. The molecule has 0 bridgehead atoms. The molecule has 100 valence electrons. The summed E-state index contributed by atoms with van der Waals surface area (Å²) in [6, 6.07) is 0. The van der Waals surface area contributed by atoms with Crippen molar-refractivity contribution < 1.29 is 9.53 Å². The van der Waals surface area contributed by atoms with Gasteiger partial charge in [-0.05, 0) is 46.1 Å². The fourth-order valence-corrected chi connectivity index (χ4v) is 1.98.